The molecule has 208 valence electrons. The maximum absolute atomic E-state index is 11.6. The Morgan fingerprint density at radius 1 is 0.878 bits per heavy atom. The molecule has 0 saturated heterocycles. The Kier molecular flexibility index (Phi) is 8.73. The number of aromatic carboxylic acids is 1. The zero-order valence-corrected chi connectivity index (χ0v) is 23.2. The zero-order valence-electron chi connectivity index (χ0n) is 23.2. The van der Waals surface area contributed by atoms with Crippen molar-refractivity contribution in [1.29, 1.82) is 0 Å². The first-order chi connectivity index (χ1) is 20.1. The topological polar surface area (TPSA) is 127 Å². The van der Waals surface area contributed by atoms with Crippen LogP contribution in [-0.4, -0.2) is 41.7 Å². The van der Waals surface area contributed by atoms with E-state index in [1.165, 1.54) is 0 Å². The van der Waals surface area contributed by atoms with Gasteiger partial charge in [0.2, 0.25) is 11.7 Å². The fraction of sp³-hybridized carbons (Fsp3) is 0.250. The zero-order chi connectivity index (χ0) is 28.6. The van der Waals surface area contributed by atoms with E-state index in [0.717, 1.165) is 70.6 Å². The summed E-state index contributed by atoms with van der Waals surface area (Å²) in [5, 5.41) is 24.0. The quantitative estimate of drug-likeness (QED) is 0.192. The number of nitrogens with one attached hydrogen (secondary N) is 1. The summed E-state index contributed by atoms with van der Waals surface area (Å²) in [4.78, 5) is 21.2. The van der Waals surface area contributed by atoms with Gasteiger partial charge in [0.25, 0.3) is 0 Å². The lowest BCUT2D eigenvalue weighted by Gasteiger charge is -2.16. The minimum Gasteiger partial charge on any atom is -0.478 e. The number of carboxylic acid groups (broad SMARTS) is 1. The minimum absolute atomic E-state index is 0.256. The van der Waals surface area contributed by atoms with Gasteiger partial charge in [-0.1, -0.05) is 80.9 Å². The fourth-order valence-electron chi connectivity index (χ4n) is 4.79. The molecule has 0 spiro atoms. The summed E-state index contributed by atoms with van der Waals surface area (Å²) in [5.74, 6) is 0.917. The van der Waals surface area contributed by atoms with Crippen molar-refractivity contribution < 1.29 is 14.6 Å². The number of hydrogen-bond acceptors (Lipinski definition) is 7. The monoisotopic (exact) mass is 548 g/mol. The van der Waals surface area contributed by atoms with Crippen LogP contribution in [0.2, 0.25) is 0 Å². The first kappa shape index (κ1) is 27.6. The Labute approximate surface area is 238 Å². The Hall–Kier alpha value is -4.92. The average Bonchev–Trinajstić information content (AvgIpc) is 3.53. The molecule has 9 heteroatoms. The third-order valence-electron chi connectivity index (χ3n) is 6.77. The highest BCUT2D eigenvalue weighted by Gasteiger charge is 2.17. The van der Waals surface area contributed by atoms with E-state index in [2.05, 4.69) is 46.6 Å². The number of rotatable bonds is 12. The van der Waals surface area contributed by atoms with E-state index >= 15 is 0 Å². The van der Waals surface area contributed by atoms with Gasteiger partial charge in [0.15, 0.2) is 0 Å². The van der Waals surface area contributed by atoms with Crippen molar-refractivity contribution in [3.63, 3.8) is 0 Å². The maximum Gasteiger partial charge on any atom is 0.335 e. The molecular weight excluding hydrogens is 516 g/mol. The Morgan fingerprint density at radius 3 is 2.37 bits per heavy atom. The maximum atomic E-state index is 11.6. The molecule has 3 aromatic carbocycles. The van der Waals surface area contributed by atoms with Crippen molar-refractivity contribution in [3.8, 4) is 28.4 Å². The van der Waals surface area contributed by atoms with Gasteiger partial charge in [-0.15, -0.1) is 10.2 Å². The standard InChI is InChI=1S/C32H32N6O3/c1-3-8-28-27(19-22-10-7-11-24(18-22)32(39)40)31(34-29(33-28)9-4-2)41-20-21-14-16-23(17-15-21)25-12-5-6-13-26(25)30-35-37-38-36-30/h5-7,10-18H,3-4,8-9,19-20H2,1-2H3,(H,39,40)(H,35,36,37,38). The van der Waals surface area contributed by atoms with Crippen molar-refractivity contribution >= 4 is 5.97 Å². The van der Waals surface area contributed by atoms with E-state index in [-0.39, 0.29) is 5.56 Å². The van der Waals surface area contributed by atoms with Crippen LogP contribution in [0, 0.1) is 0 Å². The molecule has 0 aliphatic rings. The Morgan fingerprint density at radius 2 is 1.66 bits per heavy atom. The van der Waals surface area contributed by atoms with E-state index in [1.54, 1.807) is 18.2 Å². The van der Waals surface area contributed by atoms with Crippen LogP contribution in [0.4, 0.5) is 0 Å². The molecule has 2 N–H and O–H groups in total. The molecule has 2 heterocycles. The van der Waals surface area contributed by atoms with Crippen molar-refractivity contribution in [2.45, 2.75) is 52.6 Å². The highest BCUT2D eigenvalue weighted by molar-refractivity contribution is 5.87. The molecule has 2 aromatic heterocycles. The lowest BCUT2D eigenvalue weighted by Crippen LogP contribution is -2.11. The van der Waals surface area contributed by atoms with Gasteiger partial charge < -0.3 is 9.84 Å². The number of ether oxygens (including phenoxy) is 1. The lowest BCUT2D eigenvalue weighted by atomic mass is 9.98. The van der Waals surface area contributed by atoms with Crippen molar-refractivity contribution in [2.75, 3.05) is 0 Å². The second-order valence-electron chi connectivity index (χ2n) is 9.82. The van der Waals surface area contributed by atoms with Crippen LogP contribution in [0.3, 0.4) is 0 Å². The molecule has 5 aromatic rings. The number of carboxylic acids is 1. The molecule has 9 nitrogen and oxygen atoms in total. The highest BCUT2D eigenvalue weighted by atomic mass is 16.5. The number of aryl methyl sites for hydroxylation is 2. The van der Waals surface area contributed by atoms with Crippen molar-refractivity contribution in [1.82, 2.24) is 30.6 Å². The van der Waals surface area contributed by atoms with Crippen LogP contribution < -0.4 is 4.74 Å². The van der Waals surface area contributed by atoms with Crippen LogP contribution in [0.1, 0.15) is 65.3 Å². The molecule has 0 radical (unpaired) electrons. The van der Waals surface area contributed by atoms with E-state index < -0.39 is 5.97 Å². The summed E-state index contributed by atoms with van der Waals surface area (Å²) in [5.41, 5.74) is 6.93. The largest absolute Gasteiger partial charge is 0.478 e. The molecule has 41 heavy (non-hydrogen) atoms. The predicted molar refractivity (Wildman–Crippen MR) is 156 cm³/mol. The number of aromatic amines is 1. The summed E-state index contributed by atoms with van der Waals surface area (Å²) >= 11 is 0. The number of tetrazole rings is 1. The number of hydrogen-bond donors (Lipinski definition) is 2. The van der Waals surface area contributed by atoms with Crippen LogP contribution in [0.15, 0.2) is 72.8 Å². The van der Waals surface area contributed by atoms with Gasteiger partial charge >= 0.3 is 5.97 Å². The molecule has 0 saturated carbocycles. The van der Waals surface area contributed by atoms with E-state index in [9.17, 15) is 9.90 Å². The van der Waals surface area contributed by atoms with Crippen LogP contribution >= 0.6 is 0 Å². The van der Waals surface area contributed by atoms with Gasteiger partial charge in [0.05, 0.1) is 11.3 Å². The summed E-state index contributed by atoms with van der Waals surface area (Å²) in [7, 11) is 0. The molecule has 0 atom stereocenters. The third-order valence-corrected chi connectivity index (χ3v) is 6.77. The Bertz CT molecular complexity index is 1620. The molecular formula is C32H32N6O3. The number of nitrogens with zero attached hydrogens (tertiary/aromatic N) is 5. The molecule has 0 bridgehead atoms. The summed E-state index contributed by atoms with van der Waals surface area (Å²) < 4.78 is 6.38. The molecule has 0 fully saturated rings. The number of benzene rings is 3. The number of aromatic nitrogens is 6. The highest BCUT2D eigenvalue weighted by Crippen LogP contribution is 2.30. The lowest BCUT2D eigenvalue weighted by molar-refractivity contribution is 0.0696. The smallest absolute Gasteiger partial charge is 0.335 e. The number of H-pyrrole nitrogens is 1. The minimum atomic E-state index is -0.949. The molecule has 0 aliphatic carbocycles. The molecule has 5 rings (SSSR count). The normalized spacial score (nSPS) is 11.0. The molecule has 0 aliphatic heterocycles. The van der Waals surface area contributed by atoms with E-state index in [1.807, 2.05) is 42.5 Å². The van der Waals surface area contributed by atoms with Gasteiger partial charge in [0.1, 0.15) is 12.4 Å². The van der Waals surface area contributed by atoms with Crippen molar-refractivity contribution in [2.24, 2.45) is 0 Å². The summed E-state index contributed by atoms with van der Waals surface area (Å²) in [6, 6.07) is 23.1. The SMILES string of the molecule is CCCc1nc(CCC)c(Cc2cccc(C(=O)O)c2)c(OCc2ccc(-c3ccccc3-c3nn[nH]n3)cc2)n1. The Balaban J connectivity index is 1.42. The van der Waals surface area contributed by atoms with Gasteiger partial charge in [-0.2, -0.15) is 10.2 Å². The average molecular weight is 549 g/mol. The third kappa shape index (κ3) is 6.63. The van der Waals surface area contributed by atoms with Crippen LogP contribution in [0.5, 0.6) is 5.88 Å². The van der Waals surface area contributed by atoms with Gasteiger partial charge in [-0.05, 0) is 52.4 Å². The summed E-state index contributed by atoms with van der Waals surface area (Å²) in [6.07, 6.45) is 3.90. The molecule has 0 amide bonds. The predicted octanol–water partition coefficient (Wildman–Crippen LogP) is 6.10. The fourth-order valence-corrected chi connectivity index (χ4v) is 4.79. The first-order valence-corrected chi connectivity index (χ1v) is 13.8. The van der Waals surface area contributed by atoms with Gasteiger partial charge in [0, 0.05) is 24.0 Å². The van der Waals surface area contributed by atoms with Crippen LogP contribution in [0.25, 0.3) is 22.5 Å². The van der Waals surface area contributed by atoms with Gasteiger partial charge in [-0.3, -0.25) is 0 Å². The molecule has 0 unspecified atom stereocenters. The van der Waals surface area contributed by atoms with E-state index in [4.69, 9.17) is 14.7 Å². The van der Waals surface area contributed by atoms with Gasteiger partial charge in [-0.25, -0.2) is 9.78 Å². The first-order valence-electron chi connectivity index (χ1n) is 13.8. The summed E-state index contributed by atoms with van der Waals surface area (Å²) in [6.45, 7) is 4.56. The number of carbonyl (C=O) groups is 1. The second kappa shape index (κ2) is 13.0. The van der Waals surface area contributed by atoms with Crippen LogP contribution in [-0.2, 0) is 25.9 Å². The second-order valence-corrected chi connectivity index (χ2v) is 9.82. The van der Waals surface area contributed by atoms with Crippen molar-refractivity contribution in [3.05, 3.63) is 107 Å². The van der Waals surface area contributed by atoms with E-state index in [0.29, 0.717) is 24.7 Å².